The lowest BCUT2D eigenvalue weighted by Gasteiger charge is -2.30. The number of hydrogen-bond donors (Lipinski definition) is 1. The lowest BCUT2D eigenvalue weighted by molar-refractivity contribution is -0.122. The second-order valence-electron chi connectivity index (χ2n) is 7.55. The first-order valence-corrected chi connectivity index (χ1v) is 11.6. The van der Waals surface area contributed by atoms with Gasteiger partial charge in [-0.15, -0.1) is 0 Å². The van der Waals surface area contributed by atoms with E-state index in [-0.39, 0.29) is 18.4 Å². The zero-order valence-corrected chi connectivity index (χ0v) is 19.2. The molecular weight excluding hydrogens is 440 g/mol. The SMILES string of the molecule is Cc1ccccc1C=C1Sc2ccccc2N(CC(=O)NCCc2ccc(Cl)cc2)C1=O. The van der Waals surface area contributed by atoms with E-state index in [2.05, 4.69) is 5.32 Å². The van der Waals surface area contributed by atoms with Gasteiger partial charge in [-0.05, 0) is 60.4 Å². The van der Waals surface area contributed by atoms with E-state index in [0.29, 0.717) is 22.9 Å². The Labute approximate surface area is 197 Å². The number of hydrogen-bond acceptors (Lipinski definition) is 3. The monoisotopic (exact) mass is 462 g/mol. The number of aryl methyl sites for hydroxylation is 1. The van der Waals surface area contributed by atoms with Crippen LogP contribution in [-0.4, -0.2) is 24.9 Å². The molecule has 6 heteroatoms. The van der Waals surface area contributed by atoms with Crippen molar-refractivity contribution in [1.82, 2.24) is 5.32 Å². The molecule has 4 rings (SSSR count). The van der Waals surface area contributed by atoms with Crippen molar-refractivity contribution >= 4 is 46.9 Å². The van der Waals surface area contributed by atoms with Gasteiger partial charge in [0.25, 0.3) is 5.91 Å². The van der Waals surface area contributed by atoms with Crippen molar-refractivity contribution in [1.29, 1.82) is 0 Å². The fraction of sp³-hybridized carbons (Fsp3) is 0.154. The average Bonchev–Trinajstić information content (AvgIpc) is 2.79. The molecule has 0 aliphatic carbocycles. The second kappa shape index (κ2) is 10.1. The summed E-state index contributed by atoms with van der Waals surface area (Å²) in [7, 11) is 0. The third-order valence-electron chi connectivity index (χ3n) is 5.26. The Hall–Kier alpha value is -3.02. The maximum Gasteiger partial charge on any atom is 0.265 e. The molecule has 1 N–H and O–H groups in total. The molecule has 0 saturated carbocycles. The van der Waals surface area contributed by atoms with Crippen LogP contribution in [-0.2, 0) is 16.0 Å². The van der Waals surface area contributed by atoms with Gasteiger partial charge in [-0.25, -0.2) is 0 Å². The zero-order valence-electron chi connectivity index (χ0n) is 17.7. The summed E-state index contributed by atoms with van der Waals surface area (Å²) in [5.41, 5.74) is 3.94. The van der Waals surface area contributed by atoms with E-state index in [1.807, 2.05) is 85.8 Å². The normalized spacial score (nSPS) is 14.4. The maximum absolute atomic E-state index is 13.3. The molecule has 2 amide bonds. The van der Waals surface area contributed by atoms with Gasteiger partial charge in [0.2, 0.25) is 5.91 Å². The third-order valence-corrected chi connectivity index (χ3v) is 6.59. The van der Waals surface area contributed by atoms with Crippen molar-refractivity contribution < 1.29 is 9.59 Å². The molecule has 0 aromatic heterocycles. The van der Waals surface area contributed by atoms with Crippen LogP contribution in [0.3, 0.4) is 0 Å². The first-order chi connectivity index (χ1) is 15.5. The predicted molar refractivity (Wildman–Crippen MR) is 132 cm³/mol. The summed E-state index contributed by atoms with van der Waals surface area (Å²) < 4.78 is 0. The molecule has 0 bridgehead atoms. The molecule has 1 heterocycles. The molecule has 0 radical (unpaired) electrons. The highest BCUT2D eigenvalue weighted by Crippen LogP contribution is 2.42. The van der Waals surface area contributed by atoms with E-state index in [4.69, 9.17) is 11.6 Å². The third kappa shape index (κ3) is 5.23. The number of fused-ring (bicyclic) bond motifs is 1. The Morgan fingerprint density at radius 2 is 1.75 bits per heavy atom. The Kier molecular flexibility index (Phi) is 6.98. The summed E-state index contributed by atoms with van der Waals surface area (Å²) in [4.78, 5) is 29.1. The first-order valence-electron chi connectivity index (χ1n) is 10.4. The quantitative estimate of drug-likeness (QED) is 0.493. The zero-order chi connectivity index (χ0) is 22.5. The Balaban J connectivity index is 1.48. The molecule has 32 heavy (non-hydrogen) atoms. The Morgan fingerprint density at radius 1 is 1.03 bits per heavy atom. The highest BCUT2D eigenvalue weighted by molar-refractivity contribution is 8.04. The van der Waals surface area contributed by atoms with E-state index in [1.165, 1.54) is 11.8 Å². The van der Waals surface area contributed by atoms with Crippen molar-refractivity contribution in [3.05, 3.63) is 99.4 Å². The van der Waals surface area contributed by atoms with Gasteiger partial charge in [0.05, 0.1) is 10.6 Å². The van der Waals surface area contributed by atoms with Crippen LogP contribution < -0.4 is 10.2 Å². The standard InChI is InChI=1S/C26H23ClN2O2S/c1-18-6-2-3-7-20(18)16-24-26(31)29(22-8-4-5-9-23(22)32-24)17-25(30)28-15-14-19-10-12-21(27)13-11-19/h2-13,16H,14-15,17H2,1H3,(H,28,30). The van der Waals surface area contributed by atoms with Gasteiger partial charge < -0.3 is 5.32 Å². The van der Waals surface area contributed by atoms with Gasteiger partial charge >= 0.3 is 0 Å². The fourth-order valence-electron chi connectivity index (χ4n) is 3.51. The van der Waals surface area contributed by atoms with Crippen molar-refractivity contribution in [3.63, 3.8) is 0 Å². The number of anilines is 1. The van der Waals surface area contributed by atoms with E-state index < -0.39 is 0 Å². The number of halogens is 1. The summed E-state index contributed by atoms with van der Waals surface area (Å²) in [5, 5.41) is 3.61. The summed E-state index contributed by atoms with van der Waals surface area (Å²) >= 11 is 7.36. The van der Waals surface area contributed by atoms with E-state index in [0.717, 1.165) is 27.3 Å². The molecule has 4 nitrogen and oxygen atoms in total. The van der Waals surface area contributed by atoms with Gasteiger partial charge in [0.1, 0.15) is 6.54 Å². The number of thioether (sulfide) groups is 1. The number of para-hydroxylation sites is 1. The highest BCUT2D eigenvalue weighted by Gasteiger charge is 2.30. The number of amides is 2. The lowest BCUT2D eigenvalue weighted by atomic mass is 10.1. The van der Waals surface area contributed by atoms with Crippen molar-refractivity contribution in [2.45, 2.75) is 18.2 Å². The van der Waals surface area contributed by atoms with E-state index in [9.17, 15) is 9.59 Å². The minimum absolute atomic E-state index is 0.0257. The van der Waals surface area contributed by atoms with Crippen LogP contribution in [0.25, 0.3) is 6.08 Å². The van der Waals surface area contributed by atoms with Gasteiger partial charge in [0.15, 0.2) is 0 Å². The van der Waals surface area contributed by atoms with Crippen LogP contribution in [0.4, 0.5) is 5.69 Å². The second-order valence-corrected chi connectivity index (χ2v) is 9.07. The van der Waals surface area contributed by atoms with Crippen LogP contribution in [0.1, 0.15) is 16.7 Å². The number of nitrogens with zero attached hydrogens (tertiary/aromatic N) is 1. The van der Waals surface area contributed by atoms with Crippen LogP contribution in [0.5, 0.6) is 0 Å². The van der Waals surface area contributed by atoms with Crippen LogP contribution in [0.2, 0.25) is 5.02 Å². The molecule has 0 unspecified atom stereocenters. The van der Waals surface area contributed by atoms with Gasteiger partial charge in [-0.3, -0.25) is 14.5 Å². The van der Waals surface area contributed by atoms with Crippen molar-refractivity contribution in [2.75, 3.05) is 18.0 Å². The maximum atomic E-state index is 13.3. The van der Waals surface area contributed by atoms with Crippen molar-refractivity contribution in [3.8, 4) is 0 Å². The summed E-state index contributed by atoms with van der Waals surface area (Å²) in [6.07, 6.45) is 2.60. The molecule has 0 spiro atoms. The summed E-state index contributed by atoms with van der Waals surface area (Å²) in [5.74, 6) is -0.353. The molecule has 0 fully saturated rings. The highest BCUT2D eigenvalue weighted by atomic mass is 35.5. The molecule has 162 valence electrons. The lowest BCUT2D eigenvalue weighted by Crippen LogP contribution is -2.43. The average molecular weight is 463 g/mol. The molecule has 0 saturated heterocycles. The largest absolute Gasteiger partial charge is 0.354 e. The van der Waals surface area contributed by atoms with Gasteiger partial charge in [-0.2, -0.15) is 0 Å². The minimum Gasteiger partial charge on any atom is -0.354 e. The first kappa shape index (κ1) is 22.2. The number of carbonyl (C=O) groups is 2. The van der Waals surface area contributed by atoms with Crippen molar-refractivity contribution in [2.24, 2.45) is 0 Å². The fourth-order valence-corrected chi connectivity index (χ4v) is 4.68. The van der Waals surface area contributed by atoms with Gasteiger partial charge in [-0.1, -0.05) is 71.9 Å². The van der Waals surface area contributed by atoms with E-state index in [1.54, 1.807) is 4.90 Å². The minimum atomic E-state index is -0.191. The summed E-state index contributed by atoms with van der Waals surface area (Å²) in [6.45, 7) is 2.48. The molecule has 1 aliphatic rings. The van der Waals surface area contributed by atoms with E-state index >= 15 is 0 Å². The number of benzene rings is 3. The number of rotatable bonds is 6. The molecular formula is C26H23ClN2O2S. The number of nitrogens with one attached hydrogen (secondary N) is 1. The Morgan fingerprint density at radius 3 is 2.53 bits per heavy atom. The smallest absolute Gasteiger partial charge is 0.265 e. The topological polar surface area (TPSA) is 49.4 Å². The predicted octanol–water partition coefficient (Wildman–Crippen LogP) is 5.49. The summed E-state index contributed by atoms with van der Waals surface area (Å²) in [6, 6.07) is 23.2. The van der Waals surface area contributed by atoms with Gasteiger partial charge in [0, 0.05) is 16.5 Å². The van der Waals surface area contributed by atoms with Crippen LogP contribution in [0, 0.1) is 6.92 Å². The number of carbonyl (C=O) groups excluding carboxylic acids is 2. The molecule has 0 atom stereocenters. The molecule has 1 aliphatic heterocycles. The van der Waals surface area contributed by atoms with Crippen LogP contribution >= 0.6 is 23.4 Å². The molecule has 3 aromatic rings. The molecule has 3 aromatic carbocycles. The van der Waals surface area contributed by atoms with Crippen LogP contribution in [0.15, 0.2) is 82.6 Å². The Bertz CT molecular complexity index is 1170.